The summed E-state index contributed by atoms with van der Waals surface area (Å²) >= 11 is 7.93. The second-order valence-electron chi connectivity index (χ2n) is 10.0. The number of para-hydroxylation sites is 1. The minimum atomic E-state index is -0.883. The maximum Gasteiger partial charge on any atom is 0.310 e. The van der Waals surface area contributed by atoms with Crippen molar-refractivity contribution in [3.05, 3.63) is 65.2 Å². The number of ether oxygens (including phenoxy) is 1. The molecule has 7 atom stereocenters. The molecule has 3 heterocycles. The van der Waals surface area contributed by atoms with Crippen LogP contribution >= 0.6 is 23.4 Å². The SMILES string of the molecule is CCOC(=O)[C@@H]1[C@H]2C(=O)N([C@@H](CO)Cc3ccccc3)C(C(=O)Nc3ccccc3Cl)C23S[C@@H]1CC3C. The average Bonchev–Trinajstić information content (AvgIpc) is 3.48. The lowest BCUT2D eigenvalue weighted by Crippen LogP contribution is -2.57. The second-order valence-corrected chi connectivity index (χ2v) is 12.0. The van der Waals surface area contributed by atoms with E-state index in [1.165, 1.54) is 0 Å². The summed E-state index contributed by atoms with van der Waals surface area (Å²) in [6.07, 6.45) is 1.10. The normalized spacial score (nSPS) is 30.8. The number of hydrogen-bond acceptors (Lipinski definition) is 6. The molecule has 0 radical (unpaired) electrons. The Morgan fingerprint density at radius 3 is 2.59 bits per heavy atom. The molecular weight excluding hydrogens is 512 g/mol. The van der Waals surface area contributed by atoms with Crippen LogP contribution in [0, 0.1) is 17.8 Å². The maximum absolute atomic E-state index is 14.2. The van der Waals surface area contributed by atoms with Crippen LogP contribution in [0.25, 0.3) is 0 Å². The molecular formula is C28H31ClN2O5S. The lowest BCUT2D eigenvalue weighted by Gasteiger charge is -2.40. The number of nitrogens with one attached hydrogen (secondary N) is 1. The number of nitrogens with zero attached hydrogens (tertiary/aromatic N) is 1. The number of fused-ring (bicyclic) bond motifs is 1. The van der Waals surface area contributed by atoms with E-state index in [0.717, 1.165) is 5.56 Å². The minimum Gasteiger partial charge on any atom is -0.466 e. The summed E-state index contributed by atoms with van der Waals surface area (Å²) in [5.74, 6) is -2.33. The third kappa shape index (κ3) is 4.23. The second kappa shape index (κ2) is 10.3. The smallest absolute Gasteiger partial charge is 0.310 e. The highest BCUT2D eigenvalue weighted by Crippen LogP contribution is 2.69. The molecule has 2 N–H and O–H groups in total. The van der Waals surface area contributed by atoms with E-state index in [1.54, 1.807) is 47.9 Å². The molecule has 3 aliphatic rings. The number of benzene rings is 2. The Kier molecular flexibility index (Phi) is 7.27. The topological polar surface area (TPSA) is 95.9 Å². The fourth-order valence-corrected chi connectivity index (χ4v) is 9.14. The molecule has 3 saturated heterocycles. The first-order chi connectivity index (χ1) is 17.8. The van der Waals surface area contributed by atoms with E-state index >= 15 is 0 Å². The Balaban J connectivity index is 1.58. The predicted octanol–water partition coefficient (Wildman–Crippen LogP) is 3.78. The van der Waals surface area contributed by atoms with Crippen molar-refractivity contribution in [1.29, 1.82) is 0 Å². The molecule has 2 bridgehead atoms. The van der Waals surface area contributed by atoms with E-state index in [0.29, 0.717) is 23.6 Å². The van der Waals surface area contributed by atoms with E-state index in [1.807, 2.05) is 30.3 Å². The molecule has 0 aromatic heterocycles. The van der Waals surface area contributed by atoms with Gasteiger partial charge in [-0.15, -0.1) is 11.8 Å². The van der Waals surface area contributed by atoms with Crippen molar-refractivity contribution in [2.24, 2.45) is 17.8 Å². The first-order valence-corrected chi connectivity index (χ1v) is 14.0. The van der Waals surface area contributed by atoms with Gasteiger partial charge in [-0.05, 0) is 43.4 Å². The number of amides is 2. The van der Waals surface area contributed by atoms with E-state index in [9.17, 15) is 19.5 Å². The first-order valence-electron chi connectivity index (χ1n) is 12.7. The molecule has 2 aromatic rings. The zero-order chi connectivity index (χ0) is 26.3. The summed E-state index contributed by atoms with van der Waals surface area (Å²) in [5.41, 5.74) is 1.40. The van der Waals surface area contributed by atoms with Crippen molar-refractivity contribution < 1.29 is 24.2 Å². The number of hydrogen-bond donors (Lipinski definition) is 2. The predicted molar refractivity (Wildman–Crippen MR) is 143 cm³/mol. The standard InChI is InChI=1S/C28H31ClN2O5S/c1-3-36-27(35)22-21-13-16(2)28(37-21)23(22)26(34)31(18(15-32)14-17-9-5-4-6-10-17)24(28)25(33)30-20-12-8-7-11-19(20)29/h4-12,16,18,21-24,32H,3,13-15H2,1-2H3,(H,30,33)/t16?,18-,21-,22+,23+,24?,28?/m1/s1. The number of aliphatic hydroxyl groups is 1. The van der Waals surface area contributed by atoms with Crippen LogP contribution in [-0.4, -0.2) is 63.1 Å². The van der Waals surface area contributed by atoms with Gasteiger partial charge in [0.15, 0.2) is 0 Å². The van der Waals surface area contributed by atoms with Crippen LogP contribution in [0.4, 0.5) is 5.69 Å². The molecule has 5 rings (SSSR count). The minimum absolute atomic E-state index is 0.00481. The van der Waals surface area contributed by atoms with E-state index in [2.05, 4.69) is 12.2 Å². The van der Waals surface area contributed by atoms with Crippen LogP contribution in [-0.2, 0) is 25.5 Å². The highest BCUT2D eigenvalue weighted by atomic mass is 35.5. The Labute approximate surface area is 225 Å². The Morgan fingerprint density at radius 1 is 1.22 bits per heavy atom. The summed E-state index contributed by atoms with van der Waals surface area (Å²) in [4.78, 5) is 43.0. The summed E-state index contributed by atoms with van der Waals surface area (Å²) in [6.45, 7) is 3.72. The van der Waals surface area contributed by atoms with Gasteiger partial charge in [-0.1, -0.05) is 61.0 Å². The number of anilines is 1. The van der Waals surface area contributed by atoms with Crippen LogP contribution in [0.2, 0.25) is 5.02 Å². The van der Waals surface area contributed by atoms with Crippen molar-refractivity contribution in [3.8, 4) is 0 Å². The van der Waals surface area contributed by atoms with Gasteiger partial charge in [-0.2, -0.15) is 0 Å². The molecule has 9 heteroatoms. The summed E-state index contributed by atoms with van der Waals surface area (Å²) in [5, 5.41) is 13.8. The fourth-order valence-electron chi connectivity index (χ4n) is 6.56. The molecule has 7 nitrogen and oxygen atoms in total. The monoisotopic (exact) mass is 542 g/mol. The number of likely N-dealkylation sites (tertiary alicyclic amines) is 1. The third-order valence-electron chi connectivity index (χ3n) is 8.04. The Hall–Kier alpha value is -2.55. The largest absolute Gasteiger partial charge is 0.466 e. The van der Waals surface area contributed by atoms with Crippen LogP contribution in [0.5, 0.6) is 0 Å². The van der Waals surface area contributed by atoms with Gasteiger partial charge < -0.3 is 20.1 Å². The Bertz CT molecular complexity index is 1200. The number of carbonyl (C=O) groups excluding carboxylic acids is 3. The number of aliphatic hydroxyl groups excluding tert-OH is 1. The zero-order valence-electron chi connectivity index (χ0n) is 20.8. The van der Waals surface area contributed by atoms with E-state index < -0.39 is 28.7 Å². The zero-order valence-corrected chi connectivity index (χ0v) is 22.4. The summed E-state index contributed by atoms with van der Waals surface area (Å²) in [7, 11) is 0. The van der Waals surface area contributed by atoms with Gasteiger partial charge in [0.05, 0.1) is 46.5 Å². The quantitative estimate of drug-likeness (QED) is 0.493. The van der Waals surface area contributed by atoms with Crippen molar-refractivity contribution in [2.75, 3.05) is 18.5 Å². The molecule has 2 amide bonds. The maximum atomic E-state index is 14.2. The van der Waals surface area contributed by atoms with Gasteiger partial charge in [0.1, 0.15) is 6.04 Å². The Morgan fingerprint density at radius 2 is 1.92 bits per heavy atom. The number of rotatable bonds is 8. The lowest BCUT2D eigenvalue weighted by molar-refractivity contribution is -0.154. The van der Waals surface area contributed by atoms with E-state index in [-0.39, 0.29) is 42.2 Å². The molecule has 3 aliphatic heterocycles. The number of carbonyl (C=O) groups is 3. The fraction of sp³-hybridized carbons (Fsp3) is 0.464. The molecule has 0 saturated carbocycles. The van der Waals surface area contributed by atoms with Crippen LogP contribution in [0.15, 0.2) is 54.6 Å². The van der Waals surface area contributed by atoms with Crippen molar-refractivity contribution in [3.63, 3.8) is 0 Å². The molecule has 0 aliphatic carbocycles. The van der Waals surface area contributed by atoms with Gasteiger partial charge >= 0.3 is 5.97 Å². The van der Waals surface area contributed by atoms with Gasteiger partial charge in [0.25, 0.3) is 0 Å². The van der Waals surface area contributed by atoms with Crippen molar-refractivity contribution in [1.82, 2.24) is 4.90 Å². The number of esters is 1. The highest BCUT2D eigenvalue weighted by Gasteiger charge is 2.76. The third-order valence-corrected chi connectivity index (χ3v) is 10.4. The van der Waals surface area contributed by atoms with E-state index in [4.69, 9.17) is 16.3 Å². The molecule has 3 fully saturated rings. The van der Waals surface area contributed by atoms with Gasteiger partial charge in [0.2, 0.25) is 11.8 Å². The number of halogens is 1. The van der Waals surface area contributed by atoms with Crippen LogP contribution in [0.3, 0.4) is 0 Å². The molecule has 196 valence electrons. The summed E-state index contributed by atoms with van der Waals surface area (Å²) in [6, 6.07) is 15.0. The van der Waals surface area contributed by atoms with Crippen LogP contribution in [0.1, 0.15) is 25.8 Å². The summed E-state index contributed by atoms with van der Waals surface area (Å²) < 4.78 is 4.59. The highest BCUT2D eigenvalue weighted by molar-refractivity contribution is 8.02. The van der Waals surface area contributed by atoms with Crippen molar-refractivity contribution in [2.45, 2.75) is 48.8 Å². The molecule has 3 unspecified atom stereocenters. The molecule has 37 heavy (non-hydrogen) atoms. The van der Waals surface area contributed by atoms with Gasteiger partial charge in [-0.25, -0.2) is 0 Å². The lowest BCUT2D eigenvalue weighted by atomic mass is 9.66. The van der Waals surface area contributed by atoms with Gasteiger partial charge in [0, 0.05) is 5.25 Å². The molecule has 2 aromatic carbocycles. The first kappa shape index (κ1) is 26.1. The average molecular weight is 543 g/mol. The number of thioether (sulfide) groups is 1. The van der Waals surface area contributed by atoms with Crippen LogP contribution < -0.4 is 5.32 Å². The molecule has 1 spiro atoms. The van der Waals surface area contributed by atoms with Crippen molar-refractivity contribution >= 4 is 46.8 Å². The van der Waals surface area contributed by atoms with Gasteiger partial charge in [-0.3, -0.25) is 14.4 Å².